The van der Waals surface area contributed by atoms with Gasteiger partial charge in [-0.05, 0) is 6.92 Å². The molecule has 0 aliphatic carbocycles. The van der Waals surface area contributed by atoms with E-state index in [2.05, 4.69) is 0 Å². The summed E-state index contributed by atoms with van der Waals surface area (Å²) < 4.78 is 0. The van der Waals surface area contributed by atoms with Gasteiger partial charge in [0.05, 0.1) is 6.10 Å². The first-order valence-corrected chi connectivity index (χ1v) is 3.29. The molecule has 0 unspecified atom stereocenters. The molecule has 5 N–H and O–H groups in total. The van der Waals surface area contributed by atoms with Crippen molar-refractivity contribution in [3.05, 3.63) is 0 Å². The van der Waals surface area contributed by atoms with Crippen LogP contribution in [0.5, 0.6) is 0 Å². The Bertz CT molecular complexity index is 223. The first-order chi connectivity index (χ1) is 5.74. The molecule has 3 atom stereocenters. The Balaban J connectivity index is 5.01. The van der Waals surface area contributed by atoms with Gasteiger partial charge in [0.2, 0.25) is 5.60 Å². The Hall–Kier alpha value is -1.18. The van der Waals surface area contributed by atoms with Crippen LogP contribution in [0, 0.1) is 0 Å². The van der Waals surface area contributed by atoms with E-state index < -0.39 is 29.7 Å². The highest BCUT2D eigenvalue weighted by Crippen LogP contribution is 2.16. The van der Waals surface area contributed by atoms with Gasteiger partial charge in [-0.15, -0.1) is 0 Å². The summed E-state index contributed by atoms with van der Waals surface area (Å²) in [5.41, 5.74) is -3.09. The lowest BCUT2D eigenvalue weighted by Gasteiger charge is -2.28. The summed E-state index contributed by atoms with van der Waals surface area (Å²) in [5, 5.41) is 43.3. The number of carboxylic acid groups (broad SMARTS) is 2. The Morgan fingerprint density at radius 1 is 1.23 bits per heavy atom. The van der Waals surface area contributed by atoms with Crippen LogP contribution in [0.25, 0.3) is 0 Å². The quantitative estimate of drug-likeness (QED) is 0.337. The topological polar surface area (TPSA) is 135 Å². The monoisotopic (exact) mass is 194 g/mol. The molecule has 0 heterocycles. The molecule has 0 rings (SSSR count). The van der Waals surface area contributed by atoms with Crippen LogP contribution in [0.15, 0.2) is 0 Å². The zero-order valence-corrected chi connectivity index (χ0v) is 6.71. The van der Waals surface area contributed by atoms with Crippen LogP contribution >= 0.6 is 0 Å². The van der Waals surface area contributed by atoms with Crippen molar-refractivity contribution in [2.75, 3.05) is 0 Å². The van der Waals surface area contributed by atoms with E-state index in [4.69, 9.17) is 25.5 Å². The number of aliphatic hydroxyl groups excluding tert-OH is 2. The molecular formula is C6H10O7. The predicted molar refractivity (Wildman–Crippen MR) is 37.9 cm³/mol. The number of hydrogen-bond acceptors (Lipinski definition) is 5. The molecule has 13 heavy (non-hydrogen) atoms. The number of aliphatic carboxylic acids is 2. The van der Waals surface area contributed by atoms with Crippen LogP contribution < -0.4 is 0 Å². The maximum absolute atomic E-state index is 10.4. The predicted octanol–water partition coefficient (Wildman–Crippen LogP) is -2.37. The van der Waals surface area contributed by atoms with E-state index in [1.54, 1.807) is 0 Å². The molecule has 76 valence electrons. The number of carboxylic acids is 2. The molecule has 0 aromatic heterocycles. The lowest BCUT2D eigenvalue weighted by atomic mass is 9.91. The van der Waals surface area contributed by atoms with Gasteiger partial charge >= 0.3 is 11.9 Å². The highest BCUT2D eigenvalue weighted by molar-refractivity contribution is 5.87. The van der Waals surface area contributed by atoms with Crippen molar-refractivity contribution in [3.63, 3.8) is 0 Å². The van der Waals surface area contributed by atoms with Crippen molar-refractivity contribution in [2.24, 2.45) is 0 Å². The lowest BCUT2D eigenvalue weighted by molar-refractivity contribution is -0.198. The van der Waals surface area contributed by atoms with E-state index in [0.717, 1.165) is 6.92 Å². The van der Waals surface area contributed by atoms with Crippen molar-refractivity contribution < 1.29 is 35.1 Å². The number of hydrogen-bond donors (Lipinski definition) is 5. The average Bonchev–Trinajstić information content (AvgIpc) is 2.00. The zero-order chi connectivity index (χ0) is 10.8. The van der Waals surface area contributed by atoms with E-state index in [1.165, 1.54) is 0 Å². The third-order valence-electron chi connectivity index (χ3n) is 1.63. The molecule has 0 aromatic carbocycles. The highest BCUT2D eigenvalue weighted by Gasteiger charge is 2.51. The molecule has 0 saturated carbocycles. The largest absolute Gasteiger partial charge is 0.479 e. The van der Waals surface area contributed by atoms with Gasteiger partial charge in [0.15, 0.2) is 6.10 Å². The molecule has 0 bridgehead atoms. The number of aliphatic hydroxyl groups is 3. The van der Waals surface area contributed by atoms with Gasteiger partial charge in [-0.2, -0.15) is 0 Å². The summed E-state index contributed by atoms with van der Waals surface area (Å²) in [4.78, 5) is 20.5. The number of carbonyl (C=O) groups is 2. The minimum absolute atomic E-state index is 0.861. The third kappa shape index (κ3) is 1.94. The van der Waals surface area contributed by atoms with Crippen LogP contribution in [0.4, 0.5) is 0 Å². The van der Waals surface area contributed by atoms with E-state index in [1.807, 2.05) is 0 Å². The fourth-order valence-electron chi connectivity index (χ4n) is 0.712. The van der Waals surface area contributed by atoms with Crippen LogP contribution in [0.3, 0.4) is 0 Å². The first kappa shape index (κ1) is 11.8. The van der Waals surface area contributed by atoms with E-state index >= 15 is 0 Å². The van der Waals surface area contributed by atoms with Gasteiger partial charge < -0.3 is 25.5 Å². The summed E-state index contributed by atoms with van der Waals surface area (Å²) >= 11 is 0. The molecule has 0 saturated heterocycles. The summed E-state index contributed by atoms with van der Waals surface area (Å²) in [7, 11) is 0. The highest BCUT2D eigenvalue weighted by atomic mass is 16.5. The second kappa shape index (κ2) is 3.69. The maximum Gasteiger partial charge on any atom is 0.341 e. The van der Waals surface area contributed by atoms with Gasteiger partial charge in [-0.1, -0.05) is 0 Å². The van der Waals surface area contributed by atoms with Crippen molar-refractivity contribution in [1.82, 2.24) is 0 Å². The van der Waals surface area contributed by atoms with Crippen LogP contribution in [0.2, 0.25) is 0 Å². The van der Waals surface area contributed by atoms with Gasteiger partial charge in [0.25, 0.3) is 0 Å². The molecule has 7 heteroatoms. The summed E-state index contributed by atoms with van der Waals surface area (Å²) in [6.07, 6.45) is -4.49. The normalized spacial score (nSPS) is 20.0. The van der Waals surface area contributed by atoms with E-state index in [9.17, 15) is 9.59 Å². The standard InChI is InChI=1S/C6H10O7/c1-2(7)6(13,5(11)12)3(8)4(9)10/h2-3,7-8,13H,1H3,(H,9,10)(H,11,12)/t2-,3-,6+/m0/s1. The SMILES string of the molecule is C[C@H](O)[C@](O)(C(=O)O)[C@@H](O)C(=O)O. The zero-order valence-electron chi connectivity index (χ0n) is 6.71. The molecule has 0 fully saturated rings. The van der Waals surface area contributed by atoms with Crippen molar-refractivity contribution in [3.8, 4) is 0 Å². The maximum atomic E-state index is 10.4. The van der Waals surface area contributed by atoms with Crippen molar-refractivity contribution >= 4 is 11.9 Å². The molecule has 7 nitrogen and oxygen atoms in total. The lowest BCUT2D eigenvalue weighted by Crippen LogP contribution is -2.59. The van der Waals surface area contributed by atoms with Gasteiger partial charge in [0.1, 0.15) is 0 Å². The van der Waals surface area contributed by atoms with E-state index in [0.29, 0.717) is 0 Å². The molecule has 0 aliphatic heterocycles. The van der Waals surface area contributed by atoms with Crippen molar-refractivity contribution in [2.45, 2.75) is 24.7 Å². The summed E-state index contributed by atoms with van der Waals surface area (Å²) in [5.74, 6) is -3.93. The number of rotatable bonds is 4. The van der Waals surface area contributed by atoms with Crippen LogP contribution in [-0.2, 0) is 9.59 Å². The molecule has 0 aliphatic rings. The molecule has 0 spiro atoms. The van der Waals surface area contributed by atoms with Gasteiger partial charge in [-0.25, -0.2) is 9.59 Å². The fourth-order valence-corrected chi connectivity index (χ4v) is 0.712. The van der Waals surface area contributed by atoms with Crippen LogP contribution in [-0.4, -0.2) is 55.3 Å². The minimum atomic E-state index is -3.09. The molecular weight excluding hydrogens is 184 g/mol. The average molecular weight is 194 g/mol. The van der Waals surface area contributed by atoms with Gasteiger partial charge in [0, 0.05) is 0 Å². The second-order valence-electron chi connectivity index (χ2n) is 2.55. The van der Waals surface area contributed by atoms with E-state index in [-0.39, 0.29) is 0 Å². The molecule has 0 aromatic rings. The van der Waals surface area contributed by atoms with Gasteiger partial charge in [-0.3, -0.25) is 0 Å². The molecule has 0 radical (unpaired) electrons. The van der Waals surface area contributed by atoms with Crippen LogP contribution in [0.1, 0.15) is 6.92 Å². The Kier molecular flexibility index (Phi) is 3.35. The molecule has 0 amide bonds. The Labute approximate surface area is 72.9 Å². The Morgan fingerprint density at radius 2 is 1.62 bits per heavy atom. The minimum Gasteiger partial charge on any atom is -0.479 e. The summed E-state index contributed by atoms with van der Waals surface area (Å²) in [6.45, 7) is 0.861. The Morgan fingerprint density at radius 3 is 1.69 bits per heavy atom. The summed E-state index contributed by atoms with van der Waals surface area (Å²) in [6, 6.07) is 0. The first-order valence-electron chi connectivity index (χ1n) is 3.29. The smallest absolute Gasteiger partial charge is 0.341 e. The third-order valence-corrected chi connectivity index (χ3v) is 1.63. The van der Waals surface area contributed by atoms with Crippen molar-refractivity contribution in [1.29, 1.82) is 0 Å². The second-order valence-corrected chi connectivity index (χ2v) is 2.55. The fraction of sp³-hybridized carbons (Fsp3) is 0.667.